The minimum Gasteiger partial charge on any atom is -0.495 e. The Morgan fingerprint density at radius 2 is 1.12 bits per heavy atom. The zero-order chi connectivity index (χ0) is 60.7. The number of fused-ring (bicyclic) bond motifs is 3. The largest absolute Gasteiger partial charge is 0.495 e. The van der Waals surface area contributed by atoms with Crippen LogP contribution in [0, 0.1) is 3.57 Å². The van der Waals surface area contributed by atoms with Crippen molar-refractivity contribution in [1.29, 1.82) is 0 Å². The van der Waals surface area contributed by atoms with Crippen molar-refractivity contribution in [2.45, 2.75) is 33.9 Å². The van der Waals surface area contributed by atoms with E-state index in [4.69, 9.17) is 44.9 Å². The molecule has 4 aliphatic rings. The Bertz CT molecular complexity index is 3870. The summed E-state index contributed by atoms with van der Waals surface area (Å²) in [6.07, 6.45) is 6.85. The van der Waals surface area contributed by atoms with Gasteiger partial charge in [-0.2, -0.15) is 10.2 Å². The van der Waals surface area contributed by atoms with Gasteiger partial charge in [0.25, 0.3) is 0 Å². The van der Waals surface area contributed by atoms with E-state index >= 15 is 0 Å². The summed E-state index contributed by atoms with van der Waals surface area (Å²) in [6.45, 7) is 10.3. The number of imidazole rings is 1. The molecular weight excluding hydrogens is 1270 g/mol. The molecule has 12 rings (SSSR count). The van der Waals surface area contributed by atoms with Gasteiger partial charge in [-0.1, -0.05) is 23.2 Å². The van der Waals surface area contributed by atoms with Crippen LogP contribution < -0.4 is 24.6 Å². The van der Waals surface area contributed by atoms with Crippen LogP contribution in [0.15, 0.2) is 115 Å². The second-order valence-corrected chi connectivity index (χ2v) is 27.1. The van der Waals surface area contributed by atoms with E-state index in [-0.39, 0.29) is 34.0 Å². The predicted molar refractivity (Wildman–Crippen MR) is 326 cm³/mol. The van der Waals surface area contributed by atoms with Crippen molar-refractivity contribution in [1.82, 2.24) is 54.6 Å². The van der Waals surface area contributed by atoms with Crippen molar-refractivity contribution >= 4 is 117 Å². The molecule has 4 aliphatic heterocycles. The van der Waals surface area contributed by atoms with Crippen LogP contribution in [0.4, 0.5) is 11.4 Å². The molecule has 2 N–H and O–H groups in total. The van der Waals surface area contributed by atoms with Gasteiger partial charge in [-0.3, -0.25) is 14.6 Å². The van der Waals surface area contributed by atoms with E-state index in [2.05, 4.69) is 50.2 Å². The topological polar surface area (TPSA) is 285 Å². The summed E-state index contributed by atoms with van der Waals surface area (Å²) in [5.74, 6) is -0.883. The predicted octanol–water partition coefficient (Wildman–Crippen LogP) is 6.58. The number of amidine groups is 1. The maximum atomic E-state index is 13.1. The van der Waals surface area contributed by atoms with Crippen LogP contribution in [0.5, 0.6) is 11.5 Å². The first-order valence-corrected chi connectivity index (χ1v) is 32.3. The van der Waals surface area contributed by atoms with E-state index in [9.17, 15) is 28.8 Å². The normalized spacial score (nSPS) is 16.2. The quantitative estimate of drug-likeness (QED) is 0.115. The van der Waals surface area contributed by atoms with Crippen LogP contribution in [0.3, 0.4) is 0 Å². The van der Waals surface area contributed by atoms with Crippen LogP contribution in [-0.4, -0.2) is 170 Å². The van der Waals surface area contributed by atoms with E-state index in [0.29, 0.717) is 70.5 Å². The number of pyridine rings is 2. The number of methoxy groups -OCH3 is 2. The molecule has 2 amide bonds. The number of benzene rings is 3. The van der Waals surface area contributed by atoms with Crippen molar-refractivity contribution in [2.24, 2.45) is 4.99 Å². The van der Waals surface area contributed by atoms with Gasteiger partial charge < -0.3 is 39.4 Å². The van der Waals surface area contributed by atoms with Gasteiger partial charge in [-0.25, -0.2) is 24.3 Å². The molecule has 0 spiro atoms. The third-order valence-electron chi connectivity index (χ3n) is 13.8. The Morgan fingerprint density at radius 3 is 1.58 bits per heavy atom. The van der Waals surface area contributed by atoms with E-state index in [1.54, 1.807) is 54.4 Å². The molecule has 3 aromatic carbocycles. The smallest absolute Gasteiger partial charge is 0.244 e. The molecule has 0 bridgehead atoms. The van der Waals surface area contributed by atoms with Gasteiger partial charge in [-0.15, -0.1) is 0 Å². The minimum atomic E-state index is -6.03. The Morgan fingerprint density at radius 1 is 0.616 bits per heavy atom. The average molecular weight is 1330 g/mol. The maximum absolute atomic E-state index is 13.1. The van der Waals surface area contributed by atoms with Crippen LogP contribution >= 0.6 is 41.9 Å². The Kier molecular flexibility index (Phi) is 17.9. The van der Waals surface area contributed by atoms with Gasteiger partial charge in [-0.05, 0) is 48.5 Å². The molecule has 5 aromatic heterocycles. The fraction of sp³-hybridized carbons (Fsp3) is 0.298. The summed E-state index contributed by atoms with van der Waals surface area (Å²) in [5.41, 5.74) is 4.88. The van der Waals surface area contributed by atoms with Crippen molar-refractivity contribution < 1.29 is 50.5 Å². The van der Waals surface area contributed by atoms with Gasteiger partial charge in [0.2, 0.25) is 11.8 Å². The number of aromatic nitrogens is 8. The van der Waals surface area contributed by atoms with Gasteiger partial charge in [0.15, 0.2) is 17.1 Å². The number of carbonyl (C=O) groups excluding carboxylic acids is 6. The van der Waals surface area contributed by atoms with E-state index in [0.717, 1.165) is 93.7 Å². The average Bonchev–Trinajstić information content (AvgIpc) is 1.55. The summed E-state index contributed by atoms with van der Waals surface area (Å²) in [7, 11) is 3.21. The number of hydrogen-bond donors (Lipinski definition) is 2. The van der Waals surface area contributed by atoms with E-state index in [1.165, 1.54) is 18.2 Å². The summed E-state index contributed by atoms with van der Waals surface area (Å²) < 4.78 is 34.5. The molecule has 26 nitrogen and oxygen atoms in total. The minimum absolute atomic E-state index is 0.0133. The summed E-state index contributed by atoms with van der Waals surface area (Å²) in [6, 6.07) is 24.9. The molecule has 0 radical (unpaired) electrons. The van der Waals surface area contributed by atoms with Gasteiger partial charge in [0, 0.05) is 107 Å². The van der Waals surface area contributed by atoms with E-state index < -0.39 is 42.6 Å². The Balaban J connectivity index is 0.000000146. The first kappa shape index (κ1) is 60.0. The van der Waals surface area contributed by atoms with Crippen LogP contribution in [0.1, 0.15) is 36.8 Å². The number of piperazine rings is 2. The number of rotatable bonds is 13. The van der Waals surface area contributed by atoms with Gasteiger partial charge in [0.05, 0.1) is 41.6 Å². The number of aromatic amines is 1. The first-order valence-electron chi connectivity index (χ1n) is 26.9. The van der Waals surface area contributed by atoms with Crippen molar-refractivity contribution in [3.63, 3.8) is 0 Å². The van der Waals surface area contributed by atoms with Crippen molar-refractivity contribution in [3.8, 4) is 23.0 Å². The number of ether oxygens (including phenoxy) is 2. The summed E-state index contributed by atoms with van der Waals surface area (Å²) in [5, 5.41) is 15.5. The van der Waals surface area contributed by atoms with Gasteiger partial charge >= 0.3 is 128 Å². The molecule has 0 atom stereocenters. The molecule has 9 heterocycles. The van der Waals surface area contributed by atoms with Crippen molar-refractivity contribution in [3.05, 3.63) is 135 Å². The zero-order valence-corrected chi connectivity index (χ0v) is 50.9. The number of carbonyl (C=O) groups is 6. The number of amides is 2. The maximum Gasteiger partial charge on any atom is 0.244 e. The van der Waals surface area contributed by atoms with Gasteiger partial charge in [0.1, 0.15) is 41.8 Å². The number of H-pyrrole nitrogens is 1. The second kappa shape index (κ2) is 25.6. The molecule has 0 aliphatic carbocycles. The molecule has 0 saturated carbocycles. The fourth-order valence-electron chi connectivity index (χ4n) is 10.00. The number of hydrogen-bond acceptors (Lipinski definition) is 21. The van der Waals surface area contributed by atoms with Crippen molar-refractivity contribution in [2.75, 3.05) is 89.5 Å². The molecule has 2 fully saturated rings. The summed E-state index contributed by atoms with van der Waals surface area (Å²) >= 11 is 6.25. The first-order chi connectivity index (χ1) is 41.5. The second-order valence-electron chi connectivity index (χ2n) is 19.5. The number of anilines is 2. The monoisotopic (exact) mass is 1330 g/mol. The molecular formula is C57H59Cl2IN14O12. The SMILES string of the molecule is CC(=O)OI1(OC(C)=O)(OC(C)=O)OC(=O)c2ccccc21.COc1cc(N2CCN(C(=O)Cn3nc(-c4ncc[nH]4)c4cccnc43)CC2)ccc1Cl.COc1cc(N2CCN(C(=O)Cn3nc(C4=NCCN4)c4cccnc43)CC2)ccc1Cl. The third-order valence-corrected chi connectivity index (χ3v) is 22.6. The Labute approximate surface area is 505 Å². The molecule has 2 saturated heterocycles. The van der Waals surface area contributed by atoms with Crippen LogP contribution in [-0.2, 0) is 49.3 Å². The molecule has 0 unspecified atom stereocenters. The Hall–Kier alpha value is -9.09. The summed E-state index contributed by atoms with van der Waals surface area (Å²) in [4.78, 5) is 102. The zero-order valence-electron chi connectivity index (χ0n) is 47.3. The molecule has 29 heteroatoms. The number of nitrogens with zero attached hydrogens (tertiary/aromatic N) is 12. The fourth-order valence-corrected chi connectivity index (χ4v) is 18.2. The standard InChI is InChI=1S/C22H24ClN7O2.C22H22ClN7O2.C13H13IO8/c2*1-32-18-13-15(4-5-17(18)23)28-9-11-29(12-10-28)19(31)14-30-22-16(3-2-6-26-22)20(27-30)21-24-7-8-25-21;1-8(15)19-14(20-9(2)16,21-10(3)17)12-7-5-4-6-11(12)13(18)22-14/h2-6,13H,7-12,14H2,1H3,(H,24,25);2-8,13H,9-12,14H2,1H3,(H,24,25);4-7H,1-3H3. The number of aliphatic imine (C=N–C) groups is 1. The van der Waals surface area contributed by atoms with Crippen LogP contribution in [0.2, 0.25) is 10.0 Å². The molecule has 86 heavy (non-hydrogen) atoms. The molecule has 8 aromatic rings. The number of nitrogens with one attached hydrogen (secondary N) is 2. The molecule has 450 valence electrons. The third kappa shape index (κ3) is 12.6. The number of halogens is 3. The van der Waals surface area contributed by atoms with E-state index in [1.807, 2.05) is 70.5 Å². The van der Waals surface area contributed by atoms with Crippen LogP contribution in [0.25, 0.3) is 33.6 Å².